The molecule has 0 aliphatic heterocycles. The number of fused-ring (bicyclic) bond motifs is 1. The van der Waals surface area contributed by atoms with E-state index in [0.29, 0.717) is 16.9 Å². The largest absolute Gasteiger partial charge is 0.496 e. The van der Waals surface area contributed by atoms with Crippen molar-refractivity contribution in [2.45, 2.75) is 25.7 Å². The Morgan fingerprint density at radius 1 is 1.33 bits per heavy atom. The molecule has 2 rings (SSSR count). The predicted molar refractivity (Wildman–Crippen MR) is 82.0 cm³/mol. The highest BCUT2D eigenvalue weighted by Crippen LogP contribution is 2.29. The van der Waals surface area contributed by atoms with Crippen molar-refractivity contribution in [2.75, 3.05) is 7.11 Å². The molecule has 0 amide bonds. The molecule has 0 atom stereocenters. The maximum Gasteiger partial charge on any atom is 0.340 e. The summed E-state index contributed by atoms with van der Waals surface area (Å²) in [5.41, 5.74) is 0.857. The number of hydrogen-bond donors (Lipinski definition) is 0. The Balaban J connectivity index is 2.75. The van der Waals surface area contributed by atoms with E-state index in [-0.39, 0.29) is 6.42 Å². The monoisotopic (exact) mass is 286 g/mol. The van der Waals surface area contributed by atoms with Gasteiger partial charge in [0, 0.05) is 34.4 Å². The highest BCUT2D eigenvalue weighted by molar-refractivity contribution is 5.81. The van der Waals surface area contributed by atoms with Gasteiger partial charge in [-0.2, -0.15) is 0 Å². The Hall–Kier alpha value is -2.36. The van der Waals surface area contributed by atoms with E-state index in [4.69, 9.17) is 9.15 Å². The van der Waals surface area contributed by atoms with Gasteiger partial charge in [0.25, 0.3) is 0 Å². The van der Waals surface area contributed by atoms with Gasteiger partial charge in [0.1, 0.15) is 17.6 Å². The first-order chi connectivity index (χ1) is 9.92. The van der Waals surface area contributed by atoms with Crippen LogP contribution in [0.4, 0.5) is 0 Å². The fourth-order valence-corrected chi connectivity index (χ4v) is 2.19. The van der Waals surface area contributed by atoms with Gasteiger partial charge >= 0.3 is 5.63 Å². The third-order valence-electron chi connectivity index (χ3n) is 3.64. The van der Waals surface area contributed by atoms with Crippen LogP contribution in [0, 0.1) is 0 Å². The number of allylic oxidation sites excluding steroid dienone is 1. The highest BCUT2D eigenvalue weighted by Gasteiger charge is 2.22. The predicted octanol–water partition coefficient (Wildman–Crippen LogP) is 3.01. The lowest BCUT2D eigenvalue weighted by atomic mass is 9.85. The lowest BCUT2D eigenvalue weighted by molar-refractivity contribution is -0.107. The smallest absolute Gasteiger partial charge is 0.340 e. The molecule has 0 saturated heterocycles. The minimum atomic E-state index is -0.487. The van der Waals surface area contributed by atoms with Crippen LogP contribution in [0.1, 0.15) is 25.0 Å². The molecule has 2 aromatic rings. The Kier molecular flexibility index (Phi) is 3.98. The van der Waals surface area contributed by atoms with E-state index in [1.165, 1.54) is 7.11 Å². The van der Waals surface area contributed by atoms with Gasteiger partial charge in [0.2, 0.25) is 0 Å². The molecule has 1 aromatic carbocycles. The van der Waals surface area contributed by atoms with E-state index >= 15 is 0 Å². The van der Waals surface area contributed by atoms with Gasteiger partial charge in [-0.25, -0.2) is 4.79 Å². The first kappa shape index (κ1) is 15.0. The SMILES string of the molecule is C=CC(C)(C)c1cc2cc(CC=O)c(OC)cc2oc1=O. The van der Waals surface area contributed by atoms with E-state index in [1.807, 2.05) is 19.9 Å². The Morgan fingerprint density at radius 3 is 2.62 bits per heavy atom. The molecule has 0 aliphatic carbocycles. The molecule has 21 heavy (non-hydrogen) atoms. The second kappa shape index (κ2) is 5.56. The Morgan fingerprint density at radius 2 is 2.05 bits per heavy atom. The third kappa shape index (κ3) is 2.75. The van der Waals surface area contributed by atoms with Crippen molar-refractivity contribution < 1.29 is 13.9 Å². The summed E-state index contributed by atoms with van der Waals surface area (Å²) < 4.78 is 10.6. The molecule has 0 fully saturated rings. The van der Waals surface area contributed by atoms with Crippen LogP contribution in [0.5, 0.6) is 5.75 Å². The van der Waals surface area contributed by atoms with Gasteiger partial charge in [0.05, 0.1) is 7.11 Å². The number of benzene rings is 1. The fourth-order valence-electron chi connectivity index (χ4n) is 2.19. The minimum Gasteiger partial charge on any atom is -0.496 e. The topological polar surface area (TPSA) is 56.5 Å². The molecular weight excluding hydrogens is 268 g/mol. The van der Waals surface area contributed by atoms with Crippen LogP contribution < -0.4 is 10.4 Å². The number of methoxy groups -OCH3 is 1. The molecule has 1 heterocycles. The number of ether oxygens (including phenoxy) is 1. The molecule has 0 bridgehead atoms. The molecule has 0 saturated carbocycles. The van der Waals surface area contributed by atoms with E-state index in [1.54, 1.807) is 18.2 Å². The average molecular weight is 286 g/mol. The van der Waals surface area contributed by atoms with Gasteiger partial charge in [0.15, 0.2) is 0 Å². The molecule has 0 unspecified atom stereocenters. The lowest BCUT2D eigenvalue weighted by Gasteiger charge is -2.19. The molecule has 110 valence electrons. The fraction of sp³-hybridized carbons (Fsp3) is 0.294. The number of carbonyl (C=O) groups is 1. The molecule has 4 nitrogen and oxygen atoms in total. The number of hydrogen-bond acceptors (Lipinski definition) is 4. The summed E-state index contributed by atoms with van der Waals surface area (Å²) in [5, 5.41) is 0.761. The van der Waals surface area contributed by atoms with E-state index < -0.39 is 11.0 Å². The van der Waals surface area contributed by atoms with Crippen molar-refractivity contribution in [1.29, 1.82) is 0 Å². The van der Waals surface area contributed by atoms with Gasteiger partial charge in [-0.1, -0.05) is 19.9 Å². The molecule has 1 aromatic heterocycles. The van der Waals surface area contributed by atoms with Crippen LogP contribution in [0.3, 0.4) is 0 Å². The minimum absolute atomic E-state index is 0.248. The quantitative estimate of drug-likeness (QED) is 0.481. The number of aldehydes is 1. The van der Waals surface area contributed by atoms with Crippen LogP contribution in [0.15, 0.2) is 40.1 Å². The van der Waals surface area contributed by atoms with Crippen LogP contribution in [-0.4, -0.2) is 13.4 Å². The molecule has 0 aliphatic rings. The maximum atomic E-state index is 12.1. The van der Waals surface area contributed by atoms with Crippen molar-refractivity contribution in [3.63, 3.8) is 0 Å². The van der Waals surface area contributed by atoms with Gasteiger partial charge in [-0.3, -0.25) is 0 Å². The third-order valence-corrected chi connectivity index (χ3v) is 3.64. The zero-order valence-electron chi connectivity index (χ0n) is 12.4. The number of carbonyl (C=O) groups excluding carboxylic acids is 1. The zero-order chi connectivity index (χ0) is 15.6. The second-order valence-electron chi connectivity index (χ2n) is 5.45. The first-order valence-corrected chi connectivity index (χ1v) is 6.65. The summed E-state index contributed by atoms with van der Waals surface area (Å²) in [4.78, 5) is 22.9. The van der Waals surface area contributed by atoms with Crippen LogP contribution >= 0.6 is 0 Å². The normalized spacial score (nSPS) is 11.4. The van der Waals surface area contributed by atoms with E-state index in [0.717, 1.165) is 17.2 Å². The van der Waals surface area contributed by atoms with Crippen molar-refractivity contribution in [2.24, 2.45) is 0 Å². The Labute approximate surface area is 123 Å². The first-order valence-electron chi connectivity index (χ1n) is 6.65. The van der Waals surface area contributed by atoms with Crippen LogP contribution in [0.25, 0.3) is 11.0 Å². The van der Waals surface area contributed by atoms with Gasteiger partial charge in [-0.05, 0) is 12.1 Å². The summed E-state index contributed by atoms with van der Waals surface area (Å²) in [7, 11) is 1.52. The summed E-state index contributed by atoms with van der Waals surface area (Å²) in [6, 6.07) is 5.24. The van der Waals surface area contributed by atoms with Crippen LogP contribution in [-0.2, 0) is 16.6 Å². The summed E-state index contributed by atoms with van der Waals surface area (Å²) in [6.45, 7) is 7.55. The van der Waals surface area contributed by atoms with Crippen molar-refractivity contribution in [1.82, 2.24) is 0 Å². The van der Waals surface area contributed by atoms with E-state index in [2.05, 4.69) is 6.58 Å². The highest BCUT2D eigenvalue weighted by atomic mass is 16.5. The average Bonchev–Trinajstić information content (AvgIpc) is 2.46. The summed E-state index contributed by atoms with van der Waals surface area (Å²) in [6.07, 6.45) is 2.77. The molecule has 0 spiro atoms. The molecular formula is C17H18O4. The van der Waals surface area contributed by atoms with Gasteiger partial charge < -0.3 is 13.9 Å². The summed E-state index contributed by atoms with van der Waals surface area (Å²) >= 11 is 0. The van der Waals surface area contributed by atoms with Crippen molar-refractivity contribution in [3.05, 3.63) is 52.4 Å². The van der Waals surface area contributed by atoms with Gasteiger partial charge in [-0.15, -0.1) is 6.58 Å². The van der Waals surface area contributed by atoms with Crippen LogP contribution in [0.2, 0.25) is 0 Å². The molecule has 0 radical (unpaired) electrons. The zero-order valence-corrected chi connectivity index (χ0v) is 12.4. The molecule has 0 N–H and O–H groups in total. The second-order valence-corrected chi connectivity index (χ2v) is 5.45. The molecule has 4 heteroatoms. The summed E-state index contributed by atoms with van der Waals surface area (Å²) in [5.74, 6) is 0.536. The maximum absolute atomic E-state index is 12.1. The van der Waals surface area contributed by atoms with Crippen molar-refractivity contribution >= 4 is 17.3 Å². The standard InChI is InChI=1S/C17H18O4/c1-5-17(2,3)13-9-12-8-11(6-7-18)14(20-4)10-15(12)21-16(13)19/h5,7-10H,1,6H2,2-4H3. The number of rotatable bonds is 5. The van der Waals surface area contributed by atoms with E-state index in [9.17, 15) is 9.59 Å². The Bertz CT molecular complexity index is 753. The van der Waals surface area contributed by atoms with Crippen molar-refractivity contribution in [3.8, 4) is 5.75 Å². The lowest BCUT2D eigenvalue weighted by Crippen LogP contribution is -2.22.